The largest absolute Gasteiger partial charge is 0.371 e. The first kappa shape index (κ1) is 14.3. The molecular weight excluding hydrogens is 217 g/mol. The Labute approximate surface area is 90.6 Å². The van der Waals surface area contributed by atoms with Gasteiger partial charge in [0.25, 0.3) is 0 Å². The maximum atomic E-state index is 4.73. The van der Waals surface area contributed by atoms with E-state index < -0.39 is 0 Å². The number of rotatable bonds is 5. The van der Waals surface area contributed by atoms with Crippen LogP contribution in [0.3, 0.4) is 0 Å². The van der Waals surface area contributed by atoms with Gasteiger partial charge in [-0.2, -0.15) is 0 Å². The van der Waals surface area contributed by atoms with Crippen molar-refractivity contribution in [2.45, 2.75) is 32.6 Å². The second-order valence-electron chi connectivity index (χ2n) is 2.29. The molecule has 1 N–H and O–H groups in total. The van der Waals surface area contributed by atoms with Gasteiger partial charge in [-0.05, 0) is 6.42 Å². The van der Waals surface area contributed by atoms with Crippen molar-refractivity contribution in [3.63, 3.8) is 0 Å². The topological polar surface area (TPSA) is 12.0 Å². The summed E-state index contributed by atoms with van der Waals surface area (Å²) in [6.45, 7) is 3.18. The van der Waals surface area contributed by atoms with Gasteiger partial charge in [0.05, 0.1) is 0 Å². The Bertz CT molecular complexity index is 98.4. The minimum absolute atomic E-state index is 0. The third-order valence-electron chi connectivity index (χ3n) is 1.31. The summed E-state index contributed by atoms with van der Waals surface area (Å²) in [5.41, 5.74) is 0. The molecule has 0 aliphatic carbocycles. The number of thiocarbonyl (C=S) groups is 1. The van der Waals surface area contributed by atoms with Gasteiger partial charge >= 0.3 is 0 Å². The summed E-state index contributed by atoms with van der Waals surface area (Å²) in [6, 6.07) is 0. The minimum Gasteiger partial charge on any atom is -0.371 e. The molecule has 1 nitrogen and oxygen atoms in total. The standard InChI is InChI=1S/C7H15NS2.Mn/c1-2-3-4-5-6-8-7(9)10;/h2-6H2,1H3,(H2,8,9,10);. The first-order valence-corrected chi connectivity index (χ1v) is 4.59. The zero-order valence-electron chi connectivity index (χ0n) is 6.77. The van der Waals surface area contributed by atoms with E-state index in [2.05, 4.69) is 24.9 Å². The fourth-order valence-electron chi connectivity index (χ4n) is 0.747. The zero-order valence-corrected chi connectivity index (χ0v) is 9.66. The Balaban J connectivity index is 0. The van der Waals surface area contributed by atoms with Gasteiger partial charge in [0.1, 0.15) is 4.32 Å². The van der Waals surface area contributed by atoms with Gasteiger partial charge in [-0.1, -0.05) is 38.4 Å². The monoisotopic (exact) mass is 232 g/mol. The van der Waals surface area contributed by atoms with E-state index in [4.69, 9.17) is 12.2 Å². The van der Waals surface area contributed by atoms with Crippen molar-refractivity contribution < 1.29 is 17.1 Å². The van der Waals surface area contributed by atoms with Crippen molar-refractivity contribution in [3.05, 3.63) is 0 Å². The average molecular weight is 232 g/mol. The van der Waals surface area contributed by atoms with Crippen molar-refractivity contribution in [3.8, 4) is 0 Å². The molecule has 0 aromatic rings. The first-order chi connectivity index (χ1) is 4.77. The molecule has 0 saturated carbocycles. The Hall–Kier alpha value is 0.759. The molecule has 0 aromatic carbocycles. The van der Waals surface area contributed by atoms with Crippen LogP contribution in [0.2, 0.25) is 0 Å². The normalized spacial score (nSPS) is 8.55. The maximum Gasteiger partial charge on any atom is 0.130 e. The summed E-state index contributed by atoms with van der Waals surface area (Å²) >= 11 is 8.67. The number of hydrogen-bond acceptors (Lipinski definition) is 1. The third kappa shape index (κ3) is 13.7. The van der Waals surface area contributed by atoms with E-state index in [9.17, 15) is 0 Å². The molecule has 0 unspecified atom stereocenters. The Morgan fingerprint density at radius 1 is 1.36 bits per heavy atom. The smallest absolute Gasteiger partial charge is 0.130 e. The van der Waals surface area contributed by atoms with Crippen LogP contribution in [-0.4, -0.2) is 10.9 Å². The molecule has 0 heterocycles. The van der Waals surface area contributed by atoms with Crippen molar-refractivity contribution in [1.82, 2.24) is 5.32 Å². The van der Waals surface area contributed by atoms with Crippen LogP contribution in [0.5, 0.6) is 0 Å². The van der Waals surface area contributed by atoms with Crippen LogP contribution < -0.4 is 5.32 Å². The summed E-state index contributed by atoms with van der Waals surface area (Å²) in [6.07, 6.45) is 5.10. The molecule has 0 aromatic heterocycles. The fourth-order valence-corrected chi connectivity index (χ4v) is 0.961. The van der Waals surface area contributed by atoms with Gasteiger partial charge in [0.15, 0.2) is 0 Å². The van der Waals surface area contributed by atoms with E-state index in [1.54, 1.807) is 0 Å². The van der Waals surface area contributed by atoms with Crippen LogP contribution in [0.25, 0.3) is 0 Å². The van der Waals surface area contributed by atoms with Crippen LogP contribution in [-0.2, 0) is 17.1 Å². The van der Waals surface area contributed by atoms with Crippen LogP contribution >= 0.6 is 24.8 Å². The SMILES string of the molecule is CCCCCCNC(=S)S.[Mn]. The summed E-state index contributed by atoms with van der Waals surface area (Å²) in [4.78, 5) is 0. The van der Waals surface area contributed by atoms with Crippen LogP contribution in [0.15, 0.2) is 0 Å². The molecule has 0 amide bonds. The van der Waals surface area contributed by atoms with Gasteiger partial charge in [-0.3, -0.25) is 0 Å². The van der Waals surface area contributed by atoms with Gasteiger partial charge in [-0.25, -0.2) is 0 Å². The van der Waals surface area contributed by atoms with Gasteiger partial charge in [-0.15, -0.1) is 12.6 Å². The van der Waals surface area contributed by atoms with Gasteiger partial charge in [0, 0.05) is 23.6 Å². The van der Waals surface area contributed by atoms with E-state index in [0.717, 1.165) is 6.54 Å². The van der Waals surface area contributed by atoms with Gasteiger partial charge < -0.3 is 5.32 Å². The molecule has 67 valence electrons. The predicted octanol–water partition coefficient (Wildman–Crippen LogP) is 2.37. The summed E-state index contributed by atoms with van der Waals surface area (Å²) in [5, 5.41) is 3.00. The zero-order chi connectivity index (χ0) is 7.82. The average Bonchev–Trinajstić information content (AvgIpc) is 1.87. The van der Waals surface area contributed by atoms with E-state index in [1.807, 2.05) is 0 Å². The molecule has 4 heteroatoms. The van der Waals surface area contributed by atoms with Gasteiger partial charge in [0.2, 0.25) is 0 Å². The van der Waals surface area contributed by atoms with Crippen LogP contribution in [0.4, 0.5) is 0 Å². The van der Waals surface area contributed by atoms with Crippen molar-refractivity contribution in [2.24, 2.45) is 0 Å². The van der Waals surface area contributed by atoms with Crippen LogP contribution in [0, 0.1) is 0 Å². The molecule has 0 rings (SSSR count). The van der Waals surface area contributed by atoms with Crippen molar-refractivity contribution >= 4 is 29.2 Å². The third-order valence-corrected chi connectivity index (χ3v) is 1.61. The maximum absolute atomic E-state index is 4.73. The second-order valence-corrected chi connectivity index (χ2v) is 3.45. The predicted molar refractivity (Wildman–Crippen MR) is 53.7 cm³/mol. The number of nitrogens with one attached hydrogen (secondary N) is 1. The minimum atomic E-state index is 0. The number of unbranched alkanes of at least 4 members (excludes halogenated alkanes) is 3. The summed E-state index contributed by atoms with van der Waals surface area (Å²) < 4.78 is 0.608. The van der Waals surface area contributed by atoms with Crippen molar-refractivity contribution in [1.29, 1.82) is 0 Å². The van der Waals surface area contributed by atoms with Crippen LogP contribution in [0.1, 0.15) is 32.6 Å². The molecule has 0 atom stereocenters. The molecule has 0 saturated heterocycles. The number of thiol groups is 1. The molecule has 11 heavy (non-hydrogen) atoms. The van der Waals surface area contributed by atoms with E-state index in [0.29, 0.717) is 4.32 Å². The Morgan fingerprint density at radius 3 is 2.45 bits per heavy atom. The molecule has 0 spiro atoms. The quantitative estimate of drug-likeness (QED) is 0.327. The summed E-state index contributed by atoms with van der Waals surface area (Å²) in [7, 11) is 0. The molecule has 0 aliphatic rings. The van der Waals surface area contributed by atoms with Crippen molar-refractivity contribution in [2.75, 3.05) is 6.54 Å². The fraction of sp³-hybridized carbons (Fsp3) is 0.857. The second kappa shape index (κ2) is 10.8. The summed E-state index contributed by atoms with van der Waals surface area (Å²) in [5.74, 6) is 0. The van der Waals surface area contributed by atoms with E-state index in [-0.39, 0.29) is 17.1 Å². The van der Waals surface area contributed by atoms with E-state index >= 15 is 0 Å². The molecule has 0 fully saturated rings. The Morgan fingerprint density at radius 2 is 2.00 bits per heavy atom. The molecule has 0 bridgehead atoms. The number of hydrogen-bond donors (Lipinski definition) is 2. The molecule has 1 radical (unpaired) electrons. The first-order valence-electron chi connectivity index (χ1n) is 3.74. The van der Waals surface area contributed by atoms with E-state index in [1.165, 1.54) is 25.7 Å². The molecular formula is C7H15MnNS2. The molecule has 0 aliphatic heterocycles. The Kier molecular flexibility index (Phi) is 14.0.